The molecule has 1 rings (SSSR count). The molecule has 1 aromatic heterocycles. The molecule has 0 unspecified atom stereocenters. The minimum absolute atomic E-state index is 0.278. The van der Waals surface area contributed by atoms with Crippen LogP contribution in [0.25, 0.3) is 0 Å². The molecule has 14 heavy (non-hydrogen) atoms. The molecule has 0 saturated heterocycles. The van der Waals surface area contributed by atoms with Crippen LogP contribution < -0.4 is 0 Å². The molecule has 0 aliphatic rings. The fourth-order valence-electron chi connectivity index (χ4n) is 1.14. The summed E-state index contributed by atoms with van der Waals surface area (Å²) in [6.45, 7) is 3.69. The Bertz CT molecular complexity index is 291. The van der Waals surface area contributed by atoms with E-state index < -0.39 is 0 Å². The molecule has 0 fully saturated rings. The molecule has 0 aliphatic heterocycles. The van der Waals surface area contributed by atoms with E-state index in [2.05, 4.69) is 6.92 Å². The van der Waals surface area contributed by atoms with Gasteiger partial charge in [0, 0.05) is 6.42 Å². The summed E-state index contributed by atoms with van der Waals surface area (Å²) in [5, 5.41) is 0. The van der Waals surface area contributed by atoms with Crippen LogP contribution in [0.1, 0.15) is 31.1 Å². The summed E-state index contributed by atoms with van der Waals surface area (Å²) in [6.07, 6.45) is 3.39. The average Bonchev–Trinajstić information content (AvgIpc) is 2.51. The fourth-order valence-corrected chi connectivity index (χ4v) is 2.11. The van der Waals surface area contributed by atoms with Crippen molar-refractivity contribution in [2.45, 2.75) is 32.4 Å². The molecule has 0 bridgehead atoms. The van der Waals surface area contributed by atoms with Gasteiger partial charge in [-0.3, -0.25) is 0 Å². The molecule has 0 aliphatic carbocycles. The van der Waals surface area contributed by atoms with Gasteiger partial charge in [-0.2, -0.15) is 11.8 Å². The third-order valence-corrected chi connectivity index (χ3v) is 3.06. The van der Waals surface area contributed by atoms with E-state index in [1.807, 2.05) is 17.8 Å². The molecule has 3 heteroatoms. The maximum atomic E-state index is 10.7. The second kappa shape index (κ2) is 5.91. The minimum Gasteiger partial charge on any atom is -0.468 e. The molecule has 0 radical (unpaired) electrons. The lowest BCUT2D eigenvalue weighted by atomic mass is 10.3. The molecule has 1 heterocycles. The van der Waals surface area contributed by atoms with Crippen molar-refractivity contribution in [3.63, 3.8) is 0 Å². The number of thioether (sulfide) groups is 1. The molecule has 0 amide bonds. The van der Waals surface area contributed by atoms with E-state index in [0.29, 0.717) is 6.42 Å². The Balaban J connectivity index is 2.10. The third kappa shape index (κ3) is 4.01. The summed E-state index contributed by atoms with van der Waals surface area (Å²) in [4.78, 5) is 10.7. The predicted molar refractivity (Wildman–Crippen MR) is 59.5 cm³/mol. The number of aryl methyl sites for hydroxylation is 1. The third-order valence-electron chi connectivity index (χ3n) is 2.02. The Morgan fingerprint density at radius 1 is 1.57 bits per heavy atom. The largest absolute Gasteiger partial charge is 0.468 e. The Kier molecular flexibility index (Phi) is 4.80. The highest BCUT2D eigenvalue weighted by Gasteiger charge is 2.01. The van der Waals surface area contributed by atoms with Crippen LogP contribution in [-0.2, 0) is 10.5 Å². The Labute approximate surface area is 89.1 Å². The predicted octanol–water partition coefficient (Wildman–Crippen LogP) is 3.19. The molecule has 0 atom stereocenters. The number of hydrogen-bond donors (Lipinski definition) is 0. The second-order valence-corrected chi connectivity index (χ2v) is 4.49. The van der Waals surface area contributed by atoms with E-state index in [1.54, 1.807) is 13.2 Å². The van der Waals surface area contributed by atoms with Crippen LogP contribution in [-0.4, -0.2) is 11.5 Å². The normalized spacial score (nSPS) is 10.4. The number of Topliss-reactive ketones (excluding diaryl/α,β-unsaturated/α-hetero) is 1. The number of furan rings is 1. The van der Waals surface area contributed by atoms with Gasteiger partial charge in [-0.05, 0) is 37.7 Å². The van der Waals surface area contributed by atoms with Gasteiger partial charge in [-0.25, -0.2) is 0 Å². The first-order chi connectivity index (χ1) is 6.70. The molecule has 1 aromatic rings. The van der Waals surface area contributed by atoms with E-state index in [1.165, 1.54) is 5.56 Å². The Morgan fingerprint density at radius 3 is 2.93 bits per heavy atom. The first-order valence-corrected chi connectivity index (χ1v) is 5.96. The lowest BCUT2D eigenvalue weighted by Crippen LogP contribution is -1.91. The van der Waals surface area contributed by atoms with Crippen LogP contribution in [0.2, 0.25) is 0 Å². The number of rotatable bonds is 6. The smallest absolute Gasteiger partial charge is 0.129 e. The summed E-state index contributed by atoms with van der Waals surface area (Å²) in [6, 6.07) is 1.98. The van der Waals surface area contributed by atoms with Crippen LogP contribution in [0.4, 0.5) is 0 Å². The minimum atomic E-state index is 0.278. The van der Waals surface area contributed by atoms with Crippen molar-refractivity contribution >= 4 is 17.5 Å². The Morgan fingerprint density at radius 2 is 2.36 bits per heavy atom. The van der Waals surface area contributed by atoms with Crippen molar-refractivity contribution in [2.75, 3.05) is 5.75 Å². The highest BCUT2D eigenvalue weighted by atomic mass is 32.2. The average molecular weight is 212 g/mol. The van der Waals surface area contributed by atoms with Gasteiger partial charge < -0.3 is 9.21 Å². The molecular weight excluding hydrogens is 196 g/mol. The first-order valence-electron chi connectivity index (χ1n) is 4.80. The standard InChI is InChI=1S/C11H16O2S/c1-9-5-6-13-11(9)8-14-7-3-4-10(2)12/h5-6H,3-4,7-8H2,1-2H3. The van der Waals surface area contributed by atoms with Crippen molar-refractivity contribution < 1.29 is 9.21 Å². The van der Waals surface area contributed by atoms with Crippen molar-refractivity contribution in [1.82, 2.24) is 0 Å². The molecule has 0 spiro atoms. The van der Waals surface area contributed by atoms with Crippen molar-refractivity contribution in [3.05, 3.63) is 23.7 Å². The second-order valence-electron chi connectivity index (χ2n) is 3.38. The van der Waals surface area contributed by atoms with Crippen LogP contribution >= 0.6 is 11.8 Å². The van der Waals surface area contributed by atoms with Crippen LogP contribution in [0, 0.1) is 6.92 Å². The molecule has 0 N–H and O–H groups in total. The van der Waals surface area contributed by atoms with Gasteiger partial charge in [-0.15, -0.1) is 0 Å². The first kappa shape index (κ1) is 11.4. The number of ketones is 1. The number of carbonyl (C=O) groups excluding carboxylic acids is 1. The van der Waals surface area contributed by atoms with Gasteiger partial charge in [0.15, 0.2) is 0 Å². The van der Waals surface area contributed by atoms with Gasteiger partial charge in [0.25, 0.3) is 0 Å². The van der Waals surface area contributed by atoms with E-state index >= 15 is 0 Å². The van der Waals surface area contributed by atoms with E-state index in [0.717, 1.165) is 23.7 Å². The van der Waals surface area contributed by atoms with Gasteiger partial charge in [-0.1, -0.05) is 0 Å². The quantitative estimate of drug-likeness (QED) is 0.678. The summed E-state index contributed by atoms with van der Waals surface area (Å²) < 4.78 is 5.30. The van der Waals surface area contributed by atoms with Crippen LogP contribution in [0.5, 0.6) is 0 Å². The maximum absolute atomic E-state index is 10.7. The highest BCUT2D eigenvalue weighted by Crippen LogP contribution is 2.17. The number of carbonyl (C=O) groups is 1. The van der Waals surface area contributed by atoms with Gasteiger partial charge in [0.2, 0.25) is 0 Å². The summed E-state index contributed by atoms with van der Waals surface area (Å²) >= 11 is 1.82. The molecular formula is C11H16O2S. The lowest BCUT2D eigenvalue weighted by Gasteiger charge is -1.99. The van der Waals surface area contributed by atoms with E-state index in [-0.39, 0.29) is 5.78 Å². The fraction of sp³-hybridized carbons (Fsp3) is 0.545. The van der Waals surface area contributed by atoms with Crippen molar-refractivity contribution in [3.8, 4) is 0 Å². The topological polar surface area (TPSA) is 30.2 Å². The zero-order valence-electron chi connectivity index (χ0n) is 8.71. The SMILES string of the molecule is CC(=O)CCCSCc1occc1C. The summed E-state index contributed by atoms with van der Waals surface area (Å²) in [5.41, 5.74) is 1.21. The van der Waals surface area contributed by atoms with Gasteiger partial charge >= 0.3 is 0 Å². The number of hydrogen-bond acceptors (Lipinski definition) is 3. The monoisotopic (exact) mass is 212 g/mol. The van der Waals surface area contributed by atoms with Crippen LogP contribution in [0.15, 0.2) is 16.7 Å². The molecule has 0 aromatic carbocycles. The maximum Gasteiger partial charge on any atom is 0.129 e. The molecule has 2 nitrogen and oxygen atoms in total. The van der Waals surface area contributed by atoms with Crippen LogP contribution in [0.3, 0.4) is 0 Å². The van der Waals surface area contributed by atoms with E-state index in [4.69, 9.17) is 4.42 Å². The zero-order valence-corrected chi connectivity index (χ0v) is 9.52. The van der Waals surface area contributed by atoms with Gasteiger partial charge in [0.05, 0.1) is 12.0 Å². The Hall–Kier alpha value is -0.700. The van der Waals surface area contributed by atoms with Gasteiger partial charge in [0.1, 0.15) is 11.5 Å². The van der Waals surface area contributed by atoms with Crippen molar-refractivity contribution in [2.24, 2.45) is 0 Å². The summed E-state index contributed by atoms with van der Waals surface area (Å²) in [7, 11) is 0. The molecule has 0 saturated carbocycles. The van der Waals surface area contributed by atoms with E-state index in [9.17, 15) is 4.79 Å². The summed E-state index contributed by atoms with van der Waals surface area (Å²) in [5.74, 6) is 3.27. The zero-order chi connectivity index (χ0) is 10.4. The lowest BCUT2D eigenvalue weighted by molar-refractivity contribution is -0.117. The van der Waals surface area contributed by atoms with Crippen molar-refractivity contribution in [1.29, 1.82) is 0 Å². The highest BCUT2D eigenvalue weighted by molar-refractivity contribution is 7.98. The molecule has 78 valence electrons.